The van der Waals surface area contributed by atoms with Crippen molar-refractivity contribution in [2.24, 2.45) is 0 Å². The monoisotopic (exact) mass is 236 g/mol. The van der Waals surface area contributed by atoms with Gasteiger partial charge in [-0.05, 0) is 23.5 Å². The van der Waals surface area contributed by atoms with E-state index in [1.54, 1.807) is 7.11 Å². The van der Waals surface area contributed by atoms with Gasteiger partial charge in [-0.3, -0.25) is 0 Å². The summed E-state index contributed by atoms with van der Waals surface area (Å²) in [6.45, 7) is 8.52. The first-order chi connectivity index (χ1) is 7.84. The van der Waals surface area contributed by atoms with Gasteiger partial charge in [0.1, 0.15) is 0 Å². The Morgan fingerprint density at radius 3 is 2.12 bits per heavy atom. The van der Waals surface area contributed by atoms with E-state index in [1.165, 1.54) is 5.56 Å². The fourth-order valence-corrected chi connectivity index (χ4v) is 1.75. The smallest absolute Gasteiger partial charge is 0.0814 e. The van der Waals surface area contributed by atoms with Crippen molar-refractivity contribution in [3.8, 4) is 0 Å². The van der Waals surface area contributed by atoms with Gasteiger partial charge in [-0.1, -0.05) is 45.0 Å². The van der Waals surface area contributed by atoms with Gasteiger partial charge in [0.2, 0.25) is 0 Å². The van der Waals surface area contributed by atoms with Crippen molar-refractivity contribution in [1.82, 2.24) is 0 Å². The van der Waals surface area contributed by atoms with E-state index < -0.39 is 6.10 Å². The topological polar surface area (TPSA) is 29.5 Å². The Morgan fingerprint density at radius 1 is 1.18 bits per heavy atom. The van der Waals surface area contributed by atoms with Crippen LogP contribution in [-0.2, 0) is 10.2 Å². The van der Waals surface area contributed by atoms with Crippen LogP contribution < -0.4 is 0 Å². The molecule has 1 aromatic carbocycles. The number of aliphatic hydroxyl groups is 1. The molecule has 0 spiro atoms. The van der Waals surface area contributed by atoms with Gasteiger partial charge in [-0.2, -0.15) is 0 Å². The molecule has 0 radical (unpaired) electrons. The van der Waals surface area contributed by atoms with E-state index in [9.17, 15) is 5.11 Å². The highest BCUT2D eigenvalue weighted by molar-refractivity contribution is 5.28. The fourth-order valence-electron chi connectivity index (χ4n) is 1.75. The first-order valence-electron chi connectivity index (χ1n) is 6.16. The minimum Gasteiger partial charge on any atom is -0.388 e. The van der Waals surface area contributed by atoms with Crippen LogP contribution in [0.2, 0.25) is 0 Å². The summed E-state index contributed by atoms with van der Waals surface area (Å²) in [5.74, 6) is 0. The largest absolute Gasteiger partial charge is 0.388 e. The van der Waals surface area contributed by atoms with Crippen molar-refractivity contribution >= 4 is 0 Å². The highest BCUT2D eigenvalue weighted by Gasteiger charge is 2.15. The summed E-state index contributed by atoms with van der Waals surface area (Å²) < 4.78 is 5.16. The Morgan fingerprint density at radius 2 is 1.71 bits per heavy atom. The van der Waals surface area contributed by atoms with Crippen molar-refractivity contribution in [2.45, 2.75) is 51.7 Å². The van der Waals surface area contributed by atoms with Crippen molar-refractivity contribution in [3.05, 3.63) is 35.4 Å². The predicted molar refractivity (Wildman–Crippen MR) is 71.2 cm³/mol. The third-order valence-electron chi connectivity index (χ3n) is 3.12. The molecule has 2 heteroatoms. The van der Waals surface area contributed by atoms with Crippen molar-refractivity contribution < 1.29 is 9.84 Å². The van der Waals surface area contributed by atoms with Gasteiger partial charge in [0.25, 0.3) is 0 Å². The van der Waals surface area contributed by atoms with Crippen LogP contribution in [-0.4, -0.2) is 18.3 Å². The van der Waals surface area contributed by atoms with Gasteiger partial charge in [0.15, 0.2) is 0 Å². The van der Waals surface area contributed by atoms with Crippen molar-refractivity contribution in [1.29, 1.82) is 0 Å². The molecule has 2 atom stereocenters. The van der Waals surface area contributed by atoms with Crippen LogP contribution in [0.4, 0.5) is 0 Å². The molecule has 96 valence electrons. The maximum absolute atomic E-state index is 10.0. The molecule has 0 bridgehead atoms. The molecule has 1 N–H and O–H groups in total. The predicted octanol–water partition coefficient (Wildman–Crippen LogP) is 3.44. The normalized spacial score (nSPS) is 15.6. The van der Waals surface area contributed by atoms with Crippen LogP contribution in [0, 0.1) is 0 Å². The van der Waals surface area contributed by atoms with E-state index in [1.807, 2.05) is 19.1 Å². The van der Waals surface area contributed by atoms with E-state index in [0.29, 0.717) is 6.42 Å². The standard InChI is InChI=1S/C15H24O2/c1-11(17-5)10-14(16)12-6-8-13(9-7-12)15(2,3)4/h6-9,11,14,16H,10H2,1-5H3. The second-order valence-corrected chi connectivity index (χ2v) is 5.67. The van der Waals surface area contributed by atoms with E-state index in [2.05, 4.69) is 32.9 Å². The summed E-state index contributed by atoms with van der Waals surface area (Å²) in [5.41, 5.74) is 2.40. The number of hydrogen-bond donors (Lipinski definition) is 1. The van der Waals surface area contributed by atoms with Gasteiger partial charge in [-0.25, -0.2) is 0 Å². The lowest BCUT2D eigenvalue weighted by Gasteiger charge is -2.20. The molecule has 0 amide bonds. The molecule has 0 fully saturated rings. The molecular weight excluding hydrogens is 212 g/mol. The molecule has 0 aliphatic rings. The Balaban J connectivity index is 2.74. The number of ether oxygens (including phenoxy) is 1. The summed E-state index contributed by atoms with van der Waals surface area (Å²) in [6.07, 6.45) is 0.261. The molecule has 17 heavy (non-hydrogen) atoms. The highest BCUT2D eigenvalue weighted by atomic mass is 16.5. The fraction of sp³-hybridized carbons (Fsp3) is 0.600. The average Bonchev–Trinajstić information content (AvgIpc) is 2.27. The molecule has 0 aliphatic heterocycles. The molecule has 0 saturated carbocycles. The summed E-state index contributed by atoms with van der Waals surface area (Å²) in [4.78, 5) is 0. The summed E-state index contributed by atoms with van der Waals surface area (Å²) in [7, 11) is 1.67. The summed E-state index contributed by atoms with van der Waals surface area (Å²) in [6, 6.07) is 8.20. The highest BCUT2D eigenvalue weighted by Crippen LogP contribution is 2.25. The molecule has 1 rings (SSSR count). The zero-order chi connectivity index (χ0) is 13.1. The molecule has 1 aromatic rings. The van der Waals surface area contributed by atoms with Gasteiger partial charge >= 0.3 is 0 Å². The van der Waals surface area contributed by atoms with Crippen LogP contribution in [0.15, 0.2) is 24.3 Å². The van der Waals surface area contributed by atoms with Gasteiger partial charge in [0.05, 0.1) is 12.2 Å². The summed E-state index contributed by atoms with van der Waals surface area (Å²) in [5, 5.41) is 10.0. The molecule has 0 aromatic heterocycles. The number of methoxy groups -OCH3 is 1. The first kappa shape index (κ1) is 14.2. The van der Waals surface area contributed by atoms with E-state index >= 15 is 0 Å². The van der Waals surface area contributed by atoms with Crippen LogP contribution in [0.5, 0.6) is 0 Å². The summed E-state index contributed by atoms with van der Waals surface area (Å²) >= 11 is 0. The Bertz CT molecular complexity index is 335. The molecule has 2 nitrogen and oxygen atoms in total. The Hall–Kier alpha value is -0.860. The second-order valence-electron chi connectivity index (χ2n) is 5.67. The van der Waals surface area contributed by atoms with Gasteiger partial charge in [0, 0.05) is 13.5 Å². The van der Waals surface area contributed by atoms with Crippen LogP contribution in [0.3, 0.4) is 0 Å². The van der Waals surface area contributed by atoms with Crippen LogP contribution >= 0.6 is 0 Å². The number of benzene rings is 1. The van der Waals surface area contributed by atoms with E-state index in [4.69, 9.17) is 4.74 Å². The van der Waals surface area contributed by atoms with Gasteiger partial charge < -0.3 is 9.84 Å². The lowest BCUT2D eigenvalue weighted by Crippen LogP contribution is -2.13. The van der Waals surface area contributed by atoms with Crippen molar-refractivity contribution in [2.75, 3.05) is 7.11 Å². The van der Waals surface area contributed by atoms with Crippen LogP contribution in [0.1, 0.15) is 51.3 Å². The van der Waals surface area contributed by atoms with Crippen LogP contribution in [0.25, 0.3) is 0 Å². The number of rotatable bonds is 4. The molecule has 0 heterocycles. The maximum Gasteiger partial charge on any atom is 0.0814 e. The third kappa shape index (κ3) is 4.14. The van der Waals surface area contributed by atoms with Gasteiger partial charge in [-0.15, -0.1) is 0 Å². The number of aliphatic hydroxyl groups excluding tert-OH is 1. The molecular formula is C15H24O2. The molecule has 0 aliphatic carbocycles. The zero-order valence-corrected chi connectivity index (χ0v) is 11.5. The third-order valence-corrected chi connectivity index (χ3v) is 3.12. The lowest BCUT2D eigenvalue weighted by molar-refractivity contribution is 0.0559. The van der Waals surface area contributed by atoms with E-state index in [-0.39, 0.29) is 11.5 Å². The first-order valence-corrected chi connectivity index (χ1v) is 6.16. The van der Waals surface area contributed by atoms with Crippen molar-refractivity contribution in [3.63, 3.8) is 0 Å². The zero-order valence-electron chi connectivity index (χ0n) is 11.5. The molecule has 2 unspecified atom stereocenters. The quantitative estimate of drug-likeness (QED) is 0.867. The Labute approximate surface area is 105 Å². The number of hydrogen-bond acceptors (Lipinski definition) is 2. The minimum absolute atomic E-state index is 0.0762. The Kier molecular flexibility index (Phi) is 4.72. The minimum atomic E-state index is -0.445. The van der Waals surface area contributed by atoms with E-state index in [0.717, 1.165) is 5.56 Å². The second kappa shape index (κ2) is 5.65. The SMILES string of the molecule is COC(C)CC(O)c1ccc(C(C)(C)C)cc1. The lowest BCUT2D eigenvalue weighted by atomic mass is 9.86. The maximum atomic E-state index is 10.0. The molecule has 0 saturated heterocycles. The average molecular weight is 236 g/mol.